The Morgan fingerprint density at radius 1 is 0.808 bits per heavy atom. The molecule has 0 radical (unpaired) electrons. The van der Waals surface area contributed by atoms with E-state index in [1.165, 1.54) is 12.4 Å². The van der Waals surface area contributed by atoms with Gasteiger partial charge in [0, 0.05) is 12.1 Å². The van der Waals surface area contributed by atoms with Gasteiger partial charge in [0.15, 0.2) is 11.5 Å². The fraction of sp³-hybridized carbons (Fsp3) is 0.333. The van der Waals surface area contributed by atoms with E-state index in [2.05, 4.69) is 10.3 Å². The number of ether oxygens (including phenoxy) is 2. The Morgan fingerprint density at radius 2 is 1.23 bits per heavy atom. The summed E-state index contributed by atoms with van der Waals surface area (Å²) in [6.45, 7) is 1.19. The van der Waals surface area contributed by atoms with E-state index in [-0.39, 0.29) is 0 Å². The Hall–Kier alpha value is -3.16. The van der Waals surface area contributed by atoms with Gasteiger partial charge in [-0.25, -0.2) is 0 Å². The molecule has 0 amide bonds. The predicted octanol–water partition coefficient (Wildman–Crippen LogP) is 1.19. The number of aromatic nitrogens is 2. The average molecular weight is 360 g/mol. The van der Waals surface area contributed by atoms with Gasteiger partial charge in [-0.15, -0.1) is 0 Å². The standard InChI is InChI=1S/C18H22N4O4/c1-21-13-17(7-5-15(21)11-19-23)25-9-3-4-10-26-18-8-6-16(12-20-24)22(2)14-18/h5-8,11-14H,3-4,9-10H2,1-2H3/p+2. The van der Waals surface area contributed by atoms with Crippen molar-refractivity contribution in [2.45, 2.75) is 12.8 Å². The van der Waals surface area contributed by atoms with E-state index in [1.807, 2.05) is 59.9 Å². The van der Waals surface area contributed by atoms with Gasteiger partial charge in [0.2, 0.25) is 23.8 Å². The van der Waals surface area contributed by atoms with Crippen LogP contribution in [0.1, 0.15) is 24.2 Å². The Kier molecular flexibility index (Phi) is 7.35. The zero-order chi connectivity index (χ0) is 18.8. The first-order chi connectivity index (χ1) is 12.6. The van der Waals surface area contributed by atoms with Gasteiger partial charge in [0.1, 0.15) is 26.5 Å². The van der Waals surface area contributed by atoms with Gasteiger partial charge in [0.25, 0.3) is 0 Å². The highest BCUT2D eigenvalue weighted by Gasteiger charge is 2.08. The van der Waals surface area contributed by atoms with E-state index in [1.54, 1.807) is 0 Å². The second-order valence-electron chi connectivity index (χ2n) is 5.69. The third-order valence-corrected chi connectivity index (χ3v) is 3.75. The first-order valence-electron chi connectivity index (χ1n) is 8.24. The minimum Gasteiger partial charge on any atom is -0.487 e. The molecule has 0 spiro atoms. The maximum absolute atomic E-state index is 8.57. The molecular weight excluding hydrogens is 336 g/mol. The lowest BCUT2D eigenvalue weighted by Crippen LogP contribution is -2.33. The fourth-order valence-electron chi connectivity index (χ4n) is 2.33. The number of oxime groups is 2. The summed E-state index contributed by atoms with van der Waals surface area (Å²) in [4.78, 5) is 0. The number of aryl methyl sites for hydroxylation is 2. The number of rotatable bonds is 9. The molecule has 0 bridgehead atoms. The van der Waals surface area contributed by atoms with Crippen LogP contribution in [0.3, 0.4) is 0 Å². The molecule has 8 nitrogen and oxygen atoms in total. The molecule has 0 aromatic carbocycles. The maximum Gasteiger partial charge on any atom is 0.227 e. The molecule has 0 aliphatic carbocycles. The van der Waals surface area contributed by atoms with Gasteiger partial charge in [-0.2, -0.15) is 9.13 Å². The quantitative estimate of drug-likeness (QED) is 0.231. The van der Waals surface area contributed by atoms with E-state index in [0.717, 1.165) is 35.7 Å². The molecule has 0 fully saturated rings. The molecule has 8 heteroatoms. The van der Waals surface area contributed by atoms with Crippen molar-refractivity contribution in [3.63, 3.8) is 0 Å². The number of pyridine rings is 2. The number of hydrogen-bond donors (Lipinski definition) is 2. The molecule has 2 rings (SSSR count). The summed E-state index contributed by atoms with van der Waals surface area (Å²) in [6.07, 6.45) is 8.14. The highest BCUT2D eigenvalue weighted by Crippen LogP contribution is 2.10. The molecule has 138 valence electrons. The minimum absolute atomic E-state index is 0.594. The van der Waals surface area contributed by atoms with Gasteiger partial charge in [-0.3, -0.25) is 0 Å². The van der Waals surface area contributed by atoms with Crippen molar-refractivity contribution in [2.24, 2.45) is 24.4 Å². The Morgan fingerprint density at radius 3 is 1.58 bits per heavy atom. The minimum atomic E-state index is 0.594. The van der Waals surface area contributed by atoms with E-state index >= 15 is 0 Å². The Labute approximate surface area is 152 Å². The van der Waals surface area contributed by atoms with Crippen LogP contribution < -0.4 is 18.6 Å². The third kappa shape index (κ3) is 5.73. The highest BCUT2D eigenvalue weighted by molar-refractivity contribution is 5.74. The normalized spacial score (nSPS) is 11.3. The van der Waals surface area contributed by atoms with E-state index in [4.69, 9.17) is 19.9 Å². The van der Waals surface area contributed by atoms with Crippen LogP contribution in [0.15, 0.2) is 47.0 Å². The van der Waals surface area contributed by atoms with Crippen molar-refractivity contribution in [1.82, 2.24) is 0 Å². The SMILES string of the molecule is C[n+]1cc(OCCCCOc2ccc(/C=N/O)[n+](C)c2)ccc1/C=N/O. The number of hydrogen-bond acceptors (Lipinski definition) is 6. The van der Waals surface area contributed by atoms with Crippen molar-refractivity contribution in [3.8, 4) is 11.5 Å². The summed E-state index contributed by atoms with van der Waals surface area (Å²) in [5.74, 6) is 1.52. The molecule has 0 aliphatic heterocycles. The lowest BCUT2D eigenvalue weighted by atomic mass is 10.3. The smallest absolute Gasteiger partial charge is 0.227 e. The molecule has 0 aliphatic rings. The van der Waals surface area contributed by atoms with E-state index in [9.17, 15) is 0 Å². The molecule has 0 saturated carbocycles. The van der Waals surface area contributed by atoms with Crippen LogP contribution in [0.4, 0.5) is 0 Å². The Balaban J connectivity index is 1.69. The van der Waals surface area contributed by atoms with Gasteiger partial charge in [0.05, 0.1) is 13.2 Å². The molecule has 2 heterocycles. The molecule has 0 unspecified atom stereocenters. The highest BCUT2D eigenvalue weighted by atomic mass is 16.5. The van der Waals surface area contributed by atoms with Gasteiger partial charge in [-0.05, 0) is 25.0 Å². The summed E-state index contributed by atoms with van der Waals surface area (Å²) in [5.41, 5.74) is 1.55. The topological polar surface area (TPSA) is 91.4 Å². The van der Waals surface area contributed by atoms with Crippen molar-refractivity contribution in [2.75, 3.05) is 13.2 Å². The second-order valence-corrected chi connectivity index (χ2v) is 5.69. The largest absolute Gasteiger partial charge is 0.487 e. The van der Waals surface area contributed by atoms with Crippen molar-refractivity contribution < 1.29 is 29.0 Å². The summed E-state index contributed by atoms with van der Waals surface area (Å²) in [6, 6.07) is 7.32. The monoisotopic (exact) mass is 360 g/mol. The van der Waals surface area contributed by atoms with E-state index in [0.29, 0.717) is 13.2 Å². The predicted molar refractivity (Wildman–Crippen MR) is 94.2 cm³/mol. The van der Waals surface area contributed by atoms with Crippen molar-refractivity contribution in [3.05, 3.63) is 48.0 Å². The van der Waals surface area contributed by atoms with Crippen LogP contribution in [0.5, 0.6) is 11.5 Å². The zero-order valence-electron chi connectivity index (χ0n) is 14.9. The van der Waals surface area contributed by atoms with Crippen LogP contribution in [0.25, 0.3) is 0 Å². The molecule has 0 atom stereocenters. The van der Waals surface area contributed by atoms with Gasteiger partial charge >= 0.3 is 0 Å². The van der Waals surface area contributed by atoms with Crippen LogP contribution >= 0.6 is 0 Å². The number of unbranched alkanes of at least 4 members (excludes halogenated alkanes) is 1. The third-order valence-electron chi connectivity index (χ3n) is 3.75. The van der Waals surface area contributed by atoms with Crippen LogP contribution in [0, 0.1) is 0 Å². The first-order valence-corrected chi connectivity index (χ1v) is 8.24. The summed E-state index contributed by atoms with van der Waals surface area (Å²) < 4.78 is 15.1. The molecule has 2 aromatic rings. The van der Waals surface area contributed by atoms with Crippen LogP contribution in [-0.2, 0) is 14.1 Å². The second kappa shape index (κ2) is 9.97. The van der Waals surface area contributed by atoms with Gasteiger partial charge < -0.3 is 19.9 Å². The average Bonchev–Trinajstić information content (AvgIpc) is 2.62. The maximum atomic E-state index is 8.57. The Bertz CT molecular complexity index is 712. The van der Waals surface area contributed by atoms with Crippen LogP contribution in [-0.4, -0.2) is 36.1 Å². The first kappa shape index (κ1) is 19.2. The van der Waals surface area contributed by atoms with Crippen molar-refractivity contribution in [1.29, 1.82) is 0 Å². The number of nitrogens with zero attached hydrogens (tertiary/aromatic N) is 4. The van der Waals surface area contributed by atoms with E-state index < -0.39 is 0 Å². The molecule has 26 heavy (non-hydrogen) atoms. The summed E-state index contributed by atoms with van der Waals surface area (Å²) >= 11 is 0. The van der Waals surface area contributed by atoms with Crippen molar-refractivity contribution >= 4 is 12.4 Å². The van der Waals surface area contributed by atoms with Crippen LogP contribution in [0.2, 0.25) is 0 Å². The molecular formula is C18H24N4O4+2. The molecule has 0 saturated heterocycles. The zero-order valence-corrected chi connectivity index (χ0v) is 14.9. The lowest BCUT2D eigenvalue weighted by Gasteiger charge is -2.07. The summed E-state index contributed by atoms with van der Waals surface area (Å²) in [7, 11) is 3.71. The fourth-order valence-corrected chi connectivity index (χ4v) is 2.33. The molecule has 2 aromatic heterocycles. The summed E-state index contributed by atoms with van der Waals surface area (Å²) in [5, 5.41) is 23.2. The molecule has 2 N–H and O–H groups in total. The lowest BCUT2D eigenvalue weighted by molar-refractivity contribution is -0.672. The van der Waals surface area contributed by atoms with Gasteiger partial charge in [-0.1, -0.05) is 10.3 Å².